The van der Waals surface area contributed by atoms with Crippen LogP contribution in [0.2, 0.25) is 0 Å². The van der Waals surface area contributed by atoms with E-state index in [4.69, 9.17) is 0 Å². The van der Waals surface area contributed by atoms with Gasteiger partial charge in [-0.25, -0.2) is 0 Å². The van der Waals surface area contributed by atoms with Crippen LogP contribution in [0.3, 0.4) is 0 Å². The van der Waals surface area contributed by atoms with Gasteiger partial charge in [-0.2, -0.15) is 0 Å². The predicted molar refractivity (Wildman–Crippen MR) is 68.1 cm³/mol. The fraction of sp³-hybridized carbons (Fsp3) is 0.500. The fourth-order valence-electron chi connectivity index (χ4n) is 2.25. The topological polar surface area (TPSA) is 40.5 Å². The molecule has 1 N–H and O–H groups in total. The molecule has 1 amide bonds. The van der Waals surface area contributed by atoms with Crippen molar-refractivity contribution in [3.05, 3.63) is 29.8 Å². The monoisotopic (exact) mass is 233 g/mol. The number of rotatable bonds is 1. The minimum atomic E-state index is -0.831. The molecule has 92 valence electrons. The van der Waals surface area contributed by atoms with E-state index < -0.39 is 6.10 Å². The zero-order valence-corrected chi connectivity index (χ0v) is 10.6. The highest BCUT2D eigenvalue weighted by molar-refractivity contribution is 5.99. The van der Waals surface area contributed by atoms with E-state index in [0.29, 0.717) is 13.0 Å². The first-order valence-corrected chi connectivity index (χ1v) is 6.00. The maximum absolute atomic E-state index is 11.9. The molecule has 1 aliphatic heterocycles. The molecular formula is C14H19NO2. The van der Waals surface area contributed by atoms with Crippen LogP contribution in [0, 0.1) is 0 Å². The summed E-state index contributed by atoms with van der Waals surface area (Å²) in [7, 11) is 0. The lowest BCUT2D eigenvalue weighted by molar-refractivity contribution is -0.124. The van der Waals surface area contributed by atoms with Crippen LogP contribution in [0.5, 0.6) is 0 Å². The van der Waals surface area contributed by atoms with Gasteiger partial charge in [0.25, 0.3) is 5.91 Å². The Morgan fingerprint density at radius 3 is 2.47 bits per heavy atom. The summed E-state index contributed by atoms with van der Waals surface area (Å²) in [4.78, 5) is 13.6. The van der Waals surface area contributed by atoms with Crippen molar-refractivity contribution in [1.29, 1.82) is 0 Å². The minimum Gasteiger partial charge on any atom is -0.383 e. The summed E-state index contributed by atoms with van der Waals surface area (Å²) in [5.41, 5.74) is 2.06. The van der Waals surface area contributed by atoms with Crippen molar-refractivity contribution in [2.75, 3.05) is 11.4 Å². The van der Waals surface area contributed by atoms with Crippen molar-refractivity contribution in [1.82, 2.24) is 0 Å². The predicted octanol–water partition coefficient (Wildman–Crippen LogP) is 2.08. The Balaban J connectivity index is 2.43. The second-order valence-electron chi connectivity index (χ2n) is 5.56. The van der Waals surface area contributed by atoms with Crippen LogP contribution >= 0.6 is 0 Å². The molecule has 1 aromatic rings. The molecule has 0 spiro atoms. The Bertz CT molecular complexity index is 434. The molecular weight excluding hydrogens is 214 g/mol. The van der Waals surface area contributed by atoms with Gasteiger partial charge in [0.1, 0.15) is 6.10 Å². The molecule has 1 saturated heterocycles. The van der Waals surface area contributed by atoms with Gasteiger partial charge in [-0.05, 0) is 17.0 Å². The third-order valence-corrected chi connectivity index (χ3v) is 3.18. The Labute approximate surface area is 102 Å². The van der Waals surface area contributed by atoms with Crippen molar-refractivity contribution in [3.63, 3.8) is 0 Å². The van der Waals surface area contributed by atoms with E-state index in [-0.39, 0.29) is 11.3 Å². The molecule has 17 heavy (non-hydrogen) atoms. The number of anilines is 1. The number of aliphatic hydroxyl groups excluding tert-OH is 1. The third-order valence-electron chi connectivity index (χ3n) is 3.18. The lowest BCUT2D eigenvalue weighted by atomic mass is 9.85. The van der Waals surface area contributed by atoms with Crippen molar-refractivity contribution >= 4 is 11.6 Å². The van der Waals surface area contributed by atoms with Gasteiger partial charge >= 0.3 is 0 Å². The average Bonchev–Trinajstić information content (AvgIpc) is 2.59. The number of carbonyl (C=O) groups excluding carboxylic acids is 1. The van der Waals surface area contributed by atoms with Crippen LogP contribution in [-0.2, 0) is 10.2 Å². The Morgan fingerprint density at radius 1 is 1.29 bits per heavy atom. The lowest BCUT2D eigenvalue weighted by Gasteiger charge is -2.27. The summed E-state index contributed by atoms with van der Waals surface area (Å²) in [6.45, 7) is 6.99. The van der Waals surface area contributed by atoms with E-state index in [1.807, 2.05) is 24.3 Å². The highest BCUT2D eigenvalue weighted by Crippen LogP contribution is 2.33. The first kappa shape index (κ1) is 12.1. The molecule has 2 rings (SSSR count). The number of benzene rings is 1. The second-order valence-corrected chi connectivity index (χ2v) is 5.56. The first-order chi connectivity index (χ1) is 7.91. The van der Waals surface area contributed by atoms with E-state index in [9.17, 15) is 9.90 Å². The van der Waals surface area contributed by atoms with Crippen LogP contribution in [-0.4, -0.2) is 23.7 Å². The highest BCUT2D eigenvalue weighted by Gasteiger charge is 2.33. The largest absolute Gasteiger partial charge is 0.383 e. The van der Waals surface area contributed by atoms with E-state index in [0.717, 1.165) is 11.3 Å². The Kier molecular flexibility index (Phi) is 2.96. The number of amides is 1. The highest BCUT2D eigenvalue weighted by atomic mass is 16.3. The Morgan fingerprint density at radius 2 is 1.94 bits per heavy atom. The fourth-order valence-corrected chi connectivity index (χ4v) is 2.25. The zero-order valence-electron chi connectivity index (χ0n) is 10.6. The van der Waals surface area contributed by atoms with Gasteiger partial charge in [0.2, 0.25) is 0 Å². The van der Waals surface area contributed by atoms with Gasteiger partial charge in [0, 0.05) is 18.7 Å². The summed E-state index contributed by atoms with van der Waals surface area (Å²) < 4.78 is 0. The van der Waals surface area contributed by atoms with Gasteiger partial charge in [0.05, 0.1) is 0 Å². The summed E-state index contributed by atoms with van der Waals surface area (Å²) in [6, 6.07) is 7.92. The molecule has 3 nitrogen and oxygen atoms in total. The van der Waals surface area contributed by atoms with Crippen LogP contribution in [0.4, 0.5) is 5.69 Å². The van der Waals surface area contributed by atoms with Gasteiger partial charge < -0.3 is 10.0 Å². The summed E-state index contributed by atoms with van der Waals surface area (Å²) in [5, 5.41) is 9.53. The average molecular weight is 233 g/mol. The van der Waals surface area contributed by atoms with Crippen LogP contribution < -0.4 is 4.90 Å². The first-order valence-electron chi connectivity index (χ1n) is 6.00. The van der Waals surface area contributed by atoms with E-state index in [2.05, 4.69) is 20.8 Å². The van der Waals surface area contributed by atoms with Gasteiger partial charge in [-0.3, -0.25) is 4.79 Å². The lowest BCUT2D eigenvalue weighted by Crippen LogP contribution is -2.31. The van der Waals surface area contributed by atoms with Crippen molar-refractivity contribution in [2.24, 2.45) is 0 Å². The van der Waals surface area contributed by atoms with Crippen molar-refractivity contribution < 1.29 is 9.90 Å². The molecule has 1 heterocycles. The van der Waals surface area contributed by atoms with E-state index >= 15 is 0 Å². The van der Waals surface area contributed by atoms with E-state index in [1.165, 1.54) is 0 Å². The molecule has 1 atom stereocenters. The molecule has 0 saturated carbocycles. The van der Waals surface area contributed by atoms with Crippen molar-refractivity contribution in [2.45, 2.75) is 38.7 Å². The molecule has 0 bridgehead atoms. The van der Waals surface area contributed by atoms with Gasteiger partial charge in [0.15, 0.2) is 0 Å². The number of aliphatic hydroxyl groups is 1. The second kappa shape index (κ2) is 4.15. The summed E-state index contributed by atoms with van der Waals surface area (Å²) in [6.07, 6.45) is -0.305. The maximum Gasteiger partial charge on any atom is 0.255 e. The van der Waals surface area contributed by atoms with Crippen molar-refractivity contribution in [3.8, 4) is 0 Å². The molecule has 1 fully saturated rings. The third kappa shape index (κ3) is 2.20. The zero-order chi connectivity index (χ0) is 12.6. The standard InChI is InChI=1S/C14H19NO2/c1-14(2,3)10-6-4-5-7-11(10)15-9-8-12(16)13(15)17/h4-7,12,16H,8-9H2,1-3H3. The number of hydrogen-bond donors (Lipinski definition) is 1. The van der Waals surface area contributed by atoms with Gasteiger partial charge in [-0.1, -0.05) is 39.0 Å². The quantitative estimate of drug-likeness (QED) is 0.806. The number of para-hydroxylation sites is 1. The number of nitrogens with zero attached hydrogens (tertiary/aromatic N) is 1. The van der Waals surface area contributed by atoms with Gasteiger partial charge in [-0.15, -0.1) is 0 Å². The van der Waals surface area contributed by atoms with Crippen LogP contribution in [0.15, 0.2) is 24.3 Å². The SMILES string of the molecule is CC(C)(C)c1ccccc1N1CCC(O)C1=O. The van der Waals surface area contributed by atoms with Crippen LogP contribution in [0.25, 0.3) is 0 Å². The normalized spacial score (nSPS) is 21.1. The number of hydrogen-bond acceptors (Lipinski definition) is 2. The maximum atomic E-state index is 11.9. The Hall–Kier alpha value is -1.35. The molecule has 0 aromatic heterocycles. The molecule has 3 heteroatoms. The molecule has 1 aromatic carbocycles. The number of carbonyl (C=O) groups is 1. The summed E-state index contributed by atoms with van der Waals surface area (Å²) in [5.74, 6) is -0.179. The molecule has 1 aliphatic rings. The van der Waals surface area contributed by atoms with Crippen LogP contribution in [0.1, 0.15) is 32.8 Å². The summed E-state index contributed by atoms with van der Waals surface area (Å²) >= 11 is 0. The van der Waals surface area contributed by atoms with E-state index in [1.54, 1.807) is 4.90 Å². The molecule has 0 radical (unpaired) electrons. The smallest absolute Gasteiger partial charge is 0.255 e. The minimum absolute atomic E-state index is 0.00951. The molecule has 1 unspecified atom stereocenters. The molecule has 0 aliphatic carbocycles.